The van der Waals surface area contributed by atoms with Gasteiger partial charge < -0.3 is 10.6 Å². The quantitative estimate of drug-likeness (QED) is 0.847. The molecule has 4 heteroatoms. The fourth-order valence-electron chi connectivity index (χ4n) is 2.94. The lowest BCUT2D eigenvalue weighted by Gasteiger charge is -2.26. The first-order valence-electron chi connectivity index (χ1n) is 7.40. The van der Waals surface area contributed by atoms with E-state index in [9.17, 15) is 4.79 Å². The van der Waals surface area contributed by atoms with Crippen molar-refractivity contribution in [1.29, 1.82) is 0 Å². The maximum absolute atomic E-state index is 12.4. The Bertz CT molecular complexity index is 456. The Labute approximate surface area is 126 Å². The third-order valence-corrected chi connectivity index (χ3v) is 4.28. The number of benzene rings is 1. The zero-order valence-corrected chi connectivity index (χ0v) is 12.8. The Hall–Kier alpha value is -1.06. The highest BCUT2D eigenvalue weighted by Gasteiger charge is 2.39. The fraction of sp³-hybridized carbons (Fsp3) is 0.562. The van der Waals surface area contributed by atoms with Crippen molar-refractivity contribution in [2.45, 2.75) is 32.6 Å². The van der Waals surface area contributed by atoms with Crippen molar-refractivity contribution in [2.24, 2.45) is 5.41 Å². The van der Waals surface area contributed by atoms with Gasteiger partial charge in [-0.1, -0.05) is 37.1 Å². The second kappa shape index (κ2) is 7.09. The van der Waals surface area contributed by atoms with E-state index in [0.29, 0.717) is 6.54 Å². The molecule has 1 aliphatic rings. The third kappa shape index (κ3) is 3.74. The Morgan fingerprint density at radius 3 is 3.00 bits per heavy atom. The molecule has 110 valence electrons. The average Bonchev–Trinajstić information content (AvgIpc) is 2.89. The predicted octanol–water partition coefficient (Wildman–Crippen LogP) is 2.78. The molecule has 1 fully saturated rings. The van der Waals surface area contributed by atoms with E-state index in [1.807, 2.05) is 24.3 Å². The van der Waals surface area contributed by atoms with E-state index in [4.69, 9.17) is 11.6 Å². The van der Waals surface area contributed by atoms with Crippen LogP contribution in [-0.4, -0.2) is 25.5 Å². The number of amides is 1. The summed E-state index contributed by atoms with van der Waals surface area (Å²) in [5, 5.41) is 7.16. The first-order chi connectivity index (χ1) is 9.66. The molecular weight excluding hydrogens is 272 g/mol. The SMILES string of the molecule is CCCC1(C(=O)NCCc2cccc(Cl)c2)CCNC1. The lowest BCUT2D eigenvalue weighted by atomic mass is 9.81. The third-order valence-electron chi connectivity index (χ3n) is 4.04. The normalized spacial score (nSPS) is 21.9. The van der Waals surface area contributed by atoms with Crippen molar-refractivity contribution in [3.05, 3.63) is 34.9 Å². The zero-order valence-electron chi connectivity index (χ0n) is 12.0. The summed E-state index contributed by atoms with van der Waals surface area (Å²) in [7, 11) is 0. The molecule has 0 radical (unpaired) electrons. The molecule has 1 unspecified atom stereocenters. The van der Waals surface area contributed by atoms with Gasteiger partial charge in [-0.2, -0.15) is 0 Å². The van der Waals surface area contributed by atoms with Gasteiger partial charge in [-0.3, -0.25) is 4.79 Å². The Morgan fingerprint density at radius 2 is 2.35 bits per heavy atom. The molecule has 1 saturated heterocycles. The maximum atomic E-state index is 12.4. The largest absolute Gasteiger partial charge is 0.355 e. The van der Waals surface area contributed by atoms with Gasteiger partial charge in [0.25, 0.3) is 0 Å². The summed E-state index contributed by atoms with van der Waals surface area (Å²) in [6, 6.07) is 7.80. The second-order valence-corrected chi connectivity index (χ2v) is 6.03. The first kappa shape index (κ1) is 15.3. The summed E-state index contributed by atoms with van der Waals surface area (Å²) in [6.07, 6.45) is 3.78. The zero-order chi connectivity index (χ0) is 14.4. The van der Waals surface area contributed by atoms with Crippen molar-refractivity contribution in [2.75, 3.05) is 19.6 Å². The summed E-state index contributed by atoms with van der Waals surface area (Å²) in [5.41, 5.74) is 0.968. The van der Waals surface area contributed by atoms with E-state index in [2.05, 4.69) is 17.6 Å². The molecule has 0 saturated carbocycles. The van der Waals surface area contributed by atoms with Gasteiger partial charge in [0, 0.05) is 18.1 Å². The van der Waals surface area contributed by atoms with Crippen LogP contribution < -0.4 is 10.6 Å². The molecule has 1 amide bonds. The molecule has 1 aromatic carbocycles. The van der Waals surface area contributed by atoms with Crippen LogP contribution in [0.4, 0.5) is 0 Å². The average molecular weight is 295 g/mol. The number of carbonyl (C=O) groups is 1. The van der Waals surface area contributed by atoms with Crippen LogP contribution in [0.5, 0.6) is 0 Å². The van der Waals surface area contributed by atoms with Crippen LogP contribution in [0.3, 0.4) is 0 Å². The van der Waals surface area contributed by atoms with Gasteiger partial charge in [-0.05, 0) is 43.5 Å². The summed E-state index contributed by atoms with van der Waals surface area (Å²) in [5.74, 6) is 0.200. The molecule has 3 nitrogen and oxygen atoms in total. The Morgan fingerprint density at radius 1 is 1.50 bits per heavy atom. The summed E-state index contributed by atoms with van der Waals surface area (Å²) in [4.78, 5) is 12.4. The Kier molecular flexibility index (Phi) is 5.44. The van der Waals surface area contributed by atoms with Gasteiger partial charge in [-0.15, -0.1) is 0 Å². The highest BCUT2D eigenvalue weighted by Crippen LogP contribution is 2.31. The number of halogens is 1. The number of hydrogen-bond acceptors (Lipinski definition) is 2. The van der Waals surface area contributed by atoms with Crippen molar-refractivity contribution < 1.29 is 4.79 Å². The predicted molar refractivity (Wildman–Crippen MR) is 83.0 cm³/mol. The van der Waals surface area contributed by atoms with Gasteiger partial charge in [-0.25, -0.2) is 0 Å². The van der Waals surface area contributed by atoms with Crippen LogP contribution in [0.1, 0.15) is 31.7 Å². The van der Waals surface area contributed by atoms with Crippen LogP contribution >= 0.6 is 11.6 Å². The van der Waals surface area contributed by atoms with Crippen molar-refractivity contribution in [3.63, 3.8) is 0 Å². The summed E-state index contributed by atoms with van der Waals surface area (Å²) < 4.78 is 0. The number of carbonyl (C=O) groups excluding carboxylic acids is 1. The van der Waals surface area contributed by atoms with Crippen LogP contribution in [0, 0.1) is 5.41 Å². The molecule has 1 aromatic rings. The highest BCUT2D eigenvalue weighted by atomic mass is 35.5. The molecule has 0 spiro atoms. The summed E-state index contributed by atoms with van der Waals surface area (Å²) >= 11 is 5.96. The van der Waals surface area contributed by atoms with Crippen LogP contribution in [0.2, 0.25) is 5.02 Å². The smallest absolute Gasteiger partial charge is 0.227 e. The molecule has 0 aromatic heterocycles. The van der Waals surface area contributed by atoms with Crippen molar-refractivity contribution >= 4 is 17.5 Å². The first-order valence-corrected chi connectivity index (χ1v) is 7.77. The van der Waals surface area contributed by atoms with Gasteiger partial charge in [0.1, 0.15) is 0 Å². The molecule has 0 bridgehead atoms. The number of rotatable bonds is 6. The number of nitrogens with one attached hydrogen (secondary N) is 2. The van der Waals surface area contributed by atoms with Crippen LogP contribution in [0.25, 0.3) is 0 Å². The van der Waals surface area contributed by atoms with E-state index in [-0.39, 0.29) is 11.3 Å². The Balaban J connectivity index is 1.85. The molecule has 0 aliphatic carbocycles. The minimum absolute atomic E-state index is 0.191. The van der Waals surface area contributed by atoms with Crippen LogP contribution in [0.15, 0.2) is 24.3 Å². The van der Waals surface area contributed by atoms with E-state index in [1.54, 1.807) is 0 Å². The van der Waals surface area contributed by atoms with Crippen molar-refractivity contribution in [3.8, 4) is 0 Å². The van der Waals surface area contributed by atoms with E-state index >= 15 is 0 Å². The fourth-order valence-corrected chi connectivity index (χ4v) is 3.16. The lowest BCUT2D eigenvalue weighted by Crippen LogP contribution is -2.43. The summed E-state index contributed by atoms with van der Waals surface area (Å²) in [6.45, 7) is 4.56. The molecule has 20 heavy (non-hydrogen) atoms. The van der Waals surface area contributed by atoms with Gasteiger partial charge in [0.05, 0.1) is 5.41 Å². The lowest BCUT2D eigenvalue weighted by molar-refractivity contribution is -0.130. The van der Waals surface area contributed by atoms with Crippen LogP contribution in [-0.2, 0) is 11.2 Å². The van der Waals surface area contributed by atoms with Crippen molar-refractivity contribution in [1.82, 2.24) is 10.6 Å². The second-order valence-electron chi connectivity index (χ2n) is 5.59. The van der Waals surface area contributed by atoms with Gasteiger partial charge in [0.15, 0.2) is 0 Å². The minimum atomic E-state index is -0.191. The molecule has 2 N–H and O–H groups in total. The number of hydrogen-bond donors (Lipinski definition) is 2. The molecule has 1 heterocycles. The van der Waals surface area contributed by atoms with Gasteiger partial charge in [0.2, 0.25) is 5.91 Å². The van der Waals surface area contributed by atoms with Gasteiger partial charge >= 0.3 is 0 Å². The maximum Gasteiger partial charge on any atom is 0.227 e. The monoisotopic (exact) mass is 294 g/mol. The topological polar surface area (TPSA) is 41.1 Å². The molecular formula is C16H23ClN2O. The molecule has 2 rings (SSSR count). The van der Waals surface area contributed by atoms with E-state index in [1.165, 1.54) is 0 Å². The van der Waals surface area contributed by atoms with E-state index < -0.39 is 0 Å². The van der Waals surface area contributed by atoms with E-state index in [0.717, 1.165) is 49.4 Å². The minimum Gasteiger partial charge on any atom is -0.355 e. The standard InChI is InChI=1S/C16H23ClN2O/c1-2-7-16(8-10-18-12-16)15(20)19-9-6-13-4-3-5-14(17)11-13/h3-5,11,18H,2,6-10,12H2,1H3,(H,19,20). The highest BCUT2D eigenvalue weighted by molar-refractivity contribution is 6.30. The molecule has 1 aliphatic heterocycles. The molecule has 1 atom stereocenters.